The number of carbonyl (C=O) groups is 3. The molecule has 1 aromatic carbocycles. The molecule has 0 aromatic heterocycles. The SMILES string of the molecule is CC(=O)N[C@@H](CCC(N)=O)C(=O)N(C)CCOc1cc(C)cc(C)c1. The summed E-state index contributed by atoms with van der Waals surface area (Å²) < 4.78 is 5.69. The number of aryl methyl sites for hydroxylation is 2. The average Bonchev–Trinajstić information content (AvgIpc) is 2.49. The Morgan fingerprint density at radius 3 is 2.32 bits per heavy atom. The number of primary amides is 1. The topological polar surface area (TPSA) is 102 Å². The van der Waals surface area contributed by atoms with Crippen LogP contribution in [0, 0.1) is 13.8 Å². The van der Waals surface area contributed by atoms with E-state index in [1.807, 2.05) is 26.0 Å². The second-order valence-corrected chi connectivity index (χ2v) is 6.19. The van der Waals surface area contributed by atoms with Gasteiger partial charge in [0.1, 0.15) is 18.4 Å². The van der Waals surface area contributed by atoms with Gasteiger partial charge in [0.2, 0.25) is 17.7 Å². The van der Waals surface area contributed by atoms with E-state index in [0.29, 0.717) is 13.2 Å². The van der Waals surface area contributed by atoms with Crippen LogP contribution in [0.4, 0.5) is 0 Å². The number of likely N-dealkylation sites (N-methyl/N-ethyl adjacent to an activating group) is 1. The Kier molecular flexibility index (Phi) is 7.91. The van der Waals surface area contributed by atoms with Gasteiger partial charge in [-0.3, -0.25) is 14.4 Å². The van der Waals surface area contributed by atoms with Crippen molar-refractivity contribution in [2.45, 2.75) is 39.7 Å². The Balaban J connectivity index is 2.56. The van der Waals surface area contributed by atoms with Crippen molar-refractivity contribution in [3.05, 3.63) is 29.3 Å². The first-order valence-corrected chi connectivity index (χ1v) is 8.20. The van der Waals surface area contributed by atoms with Gasteiger partial charge in [-0.25, -0.2) is 0 Å². The van der Waals surface area contributed by atoms with Crippen LogP contribution >= 0.6 is 0 Å². The van der Waals surface area contributed by atoms with Crippen molar-refractivity contribution in [1.82, 2.24) is 10.2 Å². The Bertz CT molecular complexity index is 610. The molecule has 7 heteroatoms. The summed E-state index contributed by atoms with van der Waals surface area (Å²) in [6.45, 7) is 6.00. The van der Waals surface area contributed by atoms with Gasteiger partial charge in [0.15, 0.2) is 0 Å². The number of nitrogens with one attached hydrogen (secondary N) is 1. The number of ether oxygens (including phenoxy) is 1. The van der Waals surface area contributed by atoms with Crippen molar-refractivity contribution in [2.24, 2.45) is 5.73 Å². The third kappa shape index (κ3) is 7.69. The zero-order valence-electron chi connectivity index (χ0n) is 15.3. The largest absolute Gasteiger partial charge is 0.492 e. The lowest BCUT2D eigenvalue weighted by Gasteiger charge is -2.24. The van der Waals surface area contributed by atoms with Crippen LogP contribution in [0.1, 0.15) is 30.9 Å². The molecule has 138 valence electrons. The van der Waals surface area contributed by atoms with Gasteiger partial charge in [0, 0.05) is 20.4 Å². The fourth-order valence-corrected chi connectivity index (χ4v) is 2.48. The van der Waals surface area contributed by atoms with Gasteiger partial charge in [0.05, 0.1) is 6.54 Å². The summed E-state index contributed by atoms with van der Waals surface area (Å²) in [5, 5.41) is 2.56. The van der Waals surface area contributed by atoms with Crippen molar-refractivity contribution in [2.75, 3.05) is 20.2 Å². The molecular formula is C18H27N3O4. The van der Waals surface area contributed by atoms with Gasteiger partial charge in [-0.15, -0.1) is 0 Å². The molecule has 25 heavy (non-hydrogen) atoms. The average molecular weight is 349 g/mol. The van der Waals surface area contributed by atoms with Crippen LogP contribution in [-0.4, -0.2) is 48.9 Å². The number of hydrogen-bond donors (Lipinski definition) is 2. The van der Waals surface area contributed by atoms with Crippen LogP contribution in [0.2, 0.25) is 0 Å². The summed E-state index contributed by atoms with van der Waals surface area (Å²) in [4.78, 5) is 36.1. The molecule has 0 bridgehead atoms. The Morgan fingerprint density at radius 2 is 1.80 bits per heavy atom. The highest BCUT2D eigenvalue weighted by atomic mass is 16.5. The van der Waals surface area contributed by atoms with Crippen molar-refractivity contribution in [3.63, 3.8) is 0 Å². The zero-order chi connectivity index (χ0) is 19.0. The van der Waals surface area contributed by atoms with Crippen molar-refractivity contribution in [3.8, 4) is 5.75 Å². The first-order chi connectivity index (χ1) is 11.7. The van der Waals surface area contributed by atoms with E-state index in [9.17, 15) is 14.4 Å². The number of rotatable bonds is 9. The summed E-state index contributed by atoms with van der Waals surface area (Å²) >= 11 is 0. The predicted octanol–water partition coefficient (Wildman–Crippen LogP) is 0.911. The summed E-state index contributed by atoms with van der Waals surface area (Å²) in [6.07, 6.45) is 0.208. The van der Waals surface area contributed by atoms with E-state index in [1.165, 1.54) is 11.8 Å². The van der Waals surface area contributed by atoms with Gasteiger partial charge < -0.3 is 20.7 Å². The quantitative estimate of drug-likeness (QED) is 0.692. The second-order valence-electron chi connectivity index (χ2n) is 6.19. The highest BCUT2D eigenvalue weighted by Crippen LogP contribution is 2.16. The number of benzene rings is 1. The van der Waals surface area contributed by atoms with E-state index in [1.54, 1.807) is 7.05 Å². The first-order valence-electron chi connectivity index (χ1n) is 8.20. The maximum absolute atomic E-state index is 12.4. The molecule has 0 aliphatic rings. The van der Waals surface area contributed by atoms with Gasteiger partial charge in [-0.05, 0) is 43.5 Å². The first kappa shape index (κ1) is 20.5. The minimum Gasteiger partial charge on any atom is -0.492 e. The molecule has 0 heterocycles. The number of nitrogens with two attached hydrogens (primary N) is 1. The van der Waals surface area contributed by atoms with Crippen molar-refractivity contribution in [1.29, 1.82) is 0 Å². The van der Waals surface area contributed by atoms with Crippen molar-refractivity contribution < 1.29 is 19.1 Å². The predicted molar refractivity (Wildman–Crippen MR) is 95.1 cm³/mol. The van der Waals surface area contributed by atoms with E-state index in [4.69, 9.17) is 10.5 Å². The van der Waals surface area contributed by atoms with Gasteiger partial charge in [0.25, 0.3) is 0 Å². The number of hydrogen-bond acceptors (Lipinski definition) is 4. The molecule has 0 radical (unpaired) electrons. The van der Waals surface area contributed by atoms with E-state index in [0.717, 1.165) is 16.9 Å². The number of carbonyl (C=O) groups excluding carboxylic acids is 3. The summed E-state index contributed by atoms with van der Waals surface area (Å²) in [6, 6.07) is 5.15. The molecule has 0 aliphatic carbocycles. The lowest BCUT2D eigenvalue weighted by atomic mass is 10.1. The summed E-state index contributed by atoms with van der Waals surface area (Å²) in [5.74, 6) is -0.363. The minimum absolute atomic E-state index is 0.0313. The molecule has 3 N–H and O–H groups in total. The standard InChI is InChI=1S/C18H27N3O4/c1-12-9-13(2)11-15(10-12)25-8-7-21(4)18(24)16(20-14(3)22)5-6-17(19)23/h9-11,16H,5-8H2,1-4H3,(H2,19,23)(H,20,22)/t16-/m0/s1. The molecule has 0 unspecified atom stereocenters. The van der Waals surface area contributed by atoms with Crippen LogP contribution in [0.3, 0.4) is 0 Å². The molecule has 1 rings (SSSR count). The van der Waals surface area contributed by atoms with Crippen LogP contribution < -0.4 is 15.8 Å². The molecule has 3 amide bonds. The van der Waals surface area contributed by atoms with Crippen LogP contribution in [0.15, 0.2) is 18.2 Å². The highest BCUT2D eigenvalue weighted by molar-refractivity contribution is 5.87. The second kappa shape index (κ2) is 9.66. The van der Waals surface area contributed by atoms with Crippen molar-refractivity contribution >= 4 is 17.7 Å². The smallest absolute Gasteiger partial charge is 0.245 e. The zero-order valence-corrected chi connectivity index (χ0v) is 15.3. The third-order valence-electron chi connectivity index (χ3n) is 3.62. The third-order valence-corrected chi connectivity index (χ3v) is 3.62. The molecule has 0 spiro atoms. The molecule has 0 fully saturated rings. The van der Waals surface area contributed by atoms with E-state index in [2.05, 4.69) is 11.4 Å². The van der Waals surface area contributed by atoms with Gasteiger partial charge >= 0.3 is 0 Å². The fraction of sp³-hybridized carbons (Fsp3) is 0.500. The van der Waals surface area contributed by atoms with E-state index < -0.39 is 11.9 Å². The maximum atomic E-state index is 12.4. The lowest BCUT2D eigenvalue weighted by Crippen LogP contribution is -2.48. The monoisotopic (exact) mass is 349 g/mol. The summed E-state index contributed by atoms with van der Waals surface area (Å²) in [7, 11) is 1.63. The Labute approximate surface area is 148 Å². The van der Waals surface area contributed by atoms with Crippen LogP contribution in [0.5, 0.6) is 5.75 Å². The summed E-state index contributed by atoms with van der Waals surface area (Å²) in [5.41, 5.74) is 7.34. The Morgan fingerprint density at radius 1 is 1.20 bits per heavy atom. The van der Waals surface area contributed by atoms with Gasteiger partial charge in [-0.1, -0.05) is 6.07 Å². The lowest BCUT2D eigenvalue weighted by molar-refractivity contribution is -0.135. The van der Waals surface area contributed by atoms with E-state index in [-0.39, 0.29) is 24.7 Å². The number of amides is 3. The fourth-order valence-electron chi connectivity index (χ4n) is 2.48. The Hall–Kier alpha value is -2.57. The molecule has 0 aliphatic heterocycles. The molecule has 1 aromatic rings. The molecule has 7 nitrogen and oxygen atoms in total. The minimum atomic E-state index is -0.767. The molecule has 0 saturated heterocycles. The van der Waals surface area contributed by atoms with Crippen LogP contribution in [-0.2, 0) is 14.4 Å². The van der Waals surface area contributed by atoms with Gasteiger partial charge in [-0.2, -0.15) is 0 Å². The van der Waals surface area contributed by atoms with Crippen LogP contribution in [0.25, 0.3) is 0 Å². The van der Waals surface area contributed by atoms with E-state index >= 15 is 0 Å². The molecule has 1 atom stereocenters. The maximum Gasteiger partial charge on any atom is 0.245 e. The highest BCUT2D eigenvalue weighted by Gasteiger charge is 2.23. The number of nitrogens with zero attached hydrogens (tertiary/aromatic N) is 1. The molecular weight excluding hydrogens is 322 g/mol. The molecule has 0 saturated carbocycles. The normalized spacial score (nSPS) is 11.5.